The van der Waals surface area contributed by atoms with Crippen LogP contribution in [0.2, 0.25) is 0 Å². The highest BCUT2D eigenvalue weighted by atomic mass is 16.5. The number of benzene rings is 2. The van der Waals surface area contributed by atoms with Crippen LogP contribution < -0.4 is 4.74 Å². The molecule has 0 aliphatic heterocycles. The minimum Gasteiger partial charge on any atom is -0.497 e. The second kappa shape index (κ2) is 4.56. The Morgan fingerprint density at radius 1 is 1.12 bits per heavy atom. The first-order valence-electron chi connectivity index (χ1n) is 5.76. The van der Waals surface area contributed by atoms with Crippen LogP contribution in [0.4, 0.5) is 0 Å². The molecule has 2 aromatic rings. The van der Waals surface area contributed by atoms with Crippen LogP contribution in [0.1, 0.15) is 19.4 Å². The normalized spacial score (nSPS) is 11.0. The third-order valence-corrected chi connectivity index (χ3v) is 2.81. The highest BCUT2D eigenvalue weighted by Gasteiger charge is 2.04. The van der Waals surface area contributed by atoms with E-state index in [0.717, 1.165) is 12.2 Å². The van der Waals surface area contributed by atoms with Crippen LogP contribution in [0.15, 0.2) is 36.4 Å². The van der Waals surface area contributed by atoms with Gasteiger partial charge in [0.25, 0.3) is 0 Å². The van der Waals surface area contributed by atoms with Gasteiger partial charge < -0.3 is 4.74 Å². The van der Waals surface area contributed by atoms with E-state index < -0.39 is 0 Å². The average Bonchev–Trinajstić information content (AvgIpc) is 2.28. The lowest BCUT2D eigenvalue weighted by atomic mass is 9.97. The second-order valence-electron chi connectivity index (χ2n) is 4.60. The van der Waals surface area contributed by atoms with E-state index in [9.17, 15) is 0 Å². The van der Waals surface area contributed by atoms with E-state index in [1.54, 1.807) is 7.11 Å². The first kappa shape index (κ1) is 11.0. The quantitative estimate of drug-likeness (QED) is 0.749. The van der Waals surface area contributed by atoms with Crippen molar-refractivity contribution in [3.05, 3.63) is 42.0 Å². The Labute approximate surface area is 97.1 Å². The summed E-state index contributed by atoms with van der Waals surface area (Å²) in [7, 11) is 1.71. The van der Waals surface area contributed by atoms with Gasteiger partial charge in [-0.15, -0.1) is 0 Å². The molecule has 2 rings (SSSR count). The lowest BCUT2D eigenvalue weighted by Gasteiger charge is -2.10. The zero-order chi connectivity index (χ0) is 11.5. The Morgan fingerprint density at radius 2 is 1.94 bits per heavy atom. The van der Waals surface area contributed by atoms with Gasteiger partial charge >= 0.3 is 0 Å². The monoisotopic (exact) mass is 214 g/mol. The van der Waals surface area contributed by atoms with Gasteiger partial charge in [-0.3, -0.25) is 0 Å². The van der Waals surface area contributed by atoms with Crippen molar-refractivity contribution >= 4 is 10.8 Å². The summed E-state index contributed by atoms with van der Waals surface area (Å²) in [5.41, 5.74) is 1.41. The lowest BCUT2D eigenvalue weighted by Crippen LogP contribution is -1.95. The molecule has 0 aliphatic rings. The molecule has 16 heavy (non-hydrogen) atoms. The topological polar surface area (TPSA) is 9.23 Å². The van der Waals surface area contributed by atoms with Gasteiger partial charge in [0.2, 0.25) is 0 Å². The molecule has 0 amide bonds. The molecule has 0 fully saturated rings. The smallest absolute Gasteiger partial charge is 0.119 e. The van der Waals surface area contributed by atoms with Crippen molar-refractivity contribution in [2.45, 2.75) is 20.3 Å². The van der Waals surface area contributed by atoms with E-state index in [1.807, 2.05) is 6.07 Å². The molecule has 0 spiro atoms. The van der Waals surface area contributed by atoms with Crippen molar-refractivity contribution in [2.75, 3.05) is 7.11 Å². The van der Waals surface area contributed by atoms with Crippen molar-refractivity contribution in [3.8, 4) is 5.75 Å². The number of hydrogen-bond donors (Lipinski definition) is 0. The molecule has 84 valence electrons. The maximum absolute atomic E-state index is 5.28. The summed E-state index contributed by atoms with van der Waals surface area (Å²) in [4.78, 5) is 0. The van der Waals surface area contributed by atoms with Crippen LogP contribution in [-0.2, 0) is 6.42 Å². The molecule has 2 aromatic carbocycles. The fourth-order valence-corrected chi connectivity index (χ4v) is 2.06. The molecule has 0 heterocycles. The first-order valence-corrected chi connectivity index (χ1v) is 5.76. The summed E-state index contributed by atoms with van der Waals surface area (Å²) in [6.07, 6.45) is 1.12. The molecular weight excluding hydrogens is 196 g/mol. The number of fused-ring (bicyclic) bond motifs is 1. The largest absolute Gasteiger partial charge is 0.497 e. The third-order valence-electron chi connectivity index (χ3n) is 2.81. The summed E-state index contributed by atoms with van der Waals surface area (Å²) in [5, 5.41) is 2.61. The number of ether oxygens (including phenoxy) is 1. The van der Waals surface area contributed by atoms with Crippen molar-refractivity contribution < 1.29 is 4.74 Å². The fourth-order valence-electron chi connectivity index (χ4n) is 2.06. The molecule has 0 radical (unpaired) electrons. The fraction of sp³-hybridized carbons (Fsp3) is 0.333. The Hall–Kier alpha value is -1.50. The van der Waals surface area contributed by atoms with Gasteiger partial charge in [0.05, 0.1) is 7.11 Å². The van der Waals surface area contributed by atoms with Gasteiger partial charge in [0, 0.05) is 0 Å². The van der Waals surface area contributed by atoms with Crippen LogP contribution >= 0.6 is 0 Å². The predicted octanol–water partition coefficient (Wildman–Crippen LogP) is 4.05. The SMILES string of the molecule is COc1ccc2cccc(CC(C)C)c2c1. The zero-order valence-corrected chi connectivity index (χ0v) is 10.2. The summed E-state index contributed by atoms with van der Waals surface area (Å²) in [6, 6.07) is 12.8. The van der Waals surface area contributed by atoms with Gasteiger partial charge in [0.15, 0.2) is 0 Å². The minimum absolute atomic E-state index is 0.678. The Morgan fingerprint density at radius 3 is 2.62 bits per heavy atom. The molecule has 1 heteroatoms. The molecule has 1 nitrogen and oxygen atoms in total. The zero-order valence-electron chi connectivity index (χ0n) is 10.2. The maximum atomic E-state index is 5.28. The van der Waals surface area contributed by atoms with Crippen molar-refractivity contribution in [1.29, 1.82) is 0 Å². The number of methoxy groups -OCH3 is 1. The van der Waals surface area contributed by atoms with Crippen molar-refractivity contribution in [2.24, 2.45) is 5.92 Å². The molecule has 0 bridgehead atoms. The predicted molar refractivity (Wildman–Crippen MR) is 69.0 cm³/mol. The van der Waals surface area contributed by atoms with Gasteiger partial charge in [0.1, 0.15) is 5.75 Å². The molecule has 0 saturated heterocycles. The maximum Gasteiger partial charge on any atom is 0.119 e. The van der Waals surface area contributed by atoms with Crippen LogP contribution in [0.3, 0.4) is 0 Å². The number of rotatable bonds is 3. The molecule has 0 aliphatic carbocycles. The summed E-state index contributed by atoms with van der Waals surface area (Å²) < 4.78 is 5.28. The average molecular weight is 214 g/mol. The van der Waals surface area contributed by atoms with Crippen LogP contribution in [0, 0.1) is 5.92 Å². The second-order valence-corrected chi connectivity index (χ2v) is 4.60. The van der Waals surface area contributed by atoms with Gasteiger partial charge in [-0.2, -0.15) is 0 Å². The van der Waals surface area contributed by atoms with Crippen molar-refractivity contribution in [3.63, 3.8) is 0 Å². The van der Waals surface area contributed by atoms with Crippen LogP contribution in [0.25, 0.3) is 10.8 Å². The lowest BCUT2D eigenvalue weighted by molar-refractivity contribution is 0.415. The van der Waals surface area contributed by atoms with Crippen LogP contribution in [-0.4, -0.2) is 7.11 Å². The van der Waals surface area contributed by atoms with E-state index in [0.29, 0.717) is 5.92 Å². The molecule has 0 aromatic heterocycles. The Kier molecular flexibility index (Phi) is 3.14. The third kappa shape index (κ3) is 2.19. The Balaban J connectivity index is 2.55. The van der Waals surface area contributed by atoms with Crippen LogP contribution in [0.5, 0.6) is 5.75 Å². The van der Waals surface area contributed by atoms with Gasteiger partial charge in [-0.1, -0.05) is 38.1 Å². The van der Waals surface area contributed by atoms with Crippen molar-refractivity contribution in [1.82, 2.24) is 0 Å². The molecule has 0 atom stereocenters. The highest BCUT2D eigenvalue weighted by Crippen LogP contribution is 2.25. The van der Waals surface area contributed by atoms with E-state index in [2.05, 4.69) is 44.2 Å². The number of hydrogen-bond acceptors (Lipinski definition) is 1. The van der Waals surface area contributed by atoms with E-state index in [-0.39, 0.29) is 0 Å². The highest BCUT2D eigenvalue weighted by molar-refractivity contribution is 5.87. The summed E-state index contributed by atoms with van der Waals surface area (Å²) in [5.74, 6) is 1.61. The van der Waals surface area contributed by atoms with E-state index >= 15 is 0 Å². The van der Waals surface area contributed by atoms with E-state index in [4.69, 9.17) is 4.74 Å². The minimum atomic E-state index is 0.678. The molecular formula is C15H18O. The summed E-state index contributed by atoms with van der Waals surface area (Å²) >= 11 is 0. The Bertz CT molecular complexity index is 486. The summed E-state index contributed by atoms with van der Waals surface area (Å²) in [6.45, 7) is 4.50. The first-order chi connectivity index (χ1) is 7.70. The molecule has 0 saturated carbocycles. The molecule has 0 N–H and O–H groups in total. The van der Waals surface area contributed by atoms with Gasteiger partial charge in [-0.25, -0.2) is 0 Å². The van der Waals surface area contributed by atoms with Gasteiger partial charge in [-0.05, 0) is 40.8 Å². The molecule has 0 unspecified atom stereocenters. The van der Waals surface area contributed by atoms with E-state index in [1.165, 1.54) is 16.3 Å². The standard InChI is InChI=1S/C15H18O/c1-11(2)9-13-6-4-5-12-7-8-14(16-3)10-15(12)13/h4-8,10-11H,9H2,1-3H3.